The van der Waals surface area contributed by atoms with Crippen LogP contribution < -0.4 is 5.32 Å². The Bertz CT molecular complexity index is 1030. The molecule has 1 amide bonds. The van der Waals surface area contributed by atoms with E-state index in [0.717, 1.165) is 36.2 Å². The zero-order valence-electron chi connectivity index (χ0n) is 18.8. The van der Waals surface area contributed by atoms with Crippen LogP contribution in [0.1, 0.15) is 48.7 Å². The van der Waals surface area contributed by atoms with Crippen molar-refractivity contribution in [2.75, 3.05) is 26.3 Å². The van der Waals surface area contributed by atoms with Crippen LogP contribution in [0.2, 0.25) is 5.02 Å². The number of hydrogen-bond acceptors (Lipinski definition) is 3. The molecule has 0 spiro atoms. The van der Waals surface area contributed by atoms with Crippen LogP contribution in [0.15, 0.2) is 54.7 Å². The van der Waals surface area contributed by atoms with Gasteiger partial charge in [0, 0.05) is 35.3 Å². The van der Waals surface area contributed by atoms with E-state index in [1.165, 1.54) is 12.8 Å². The van der Waals surface area contributed by atoms with E-state index < -0.39 is 0 Å². The monoisotopic (exact) mass is 453 g/mol. The average Bonchev–Trinajstić information content (AvgIpc) is 3.19. The zero-order chi connectivity index (χ0) is 22.5. The minimum atomic E-state index is -0.206. The average molecular weight is 454 g/mol. The van der Waals surface area contributed by atoms with Gasteiger partial charge in [-0.3, -0.25) is 4.79 Å². The number of piperidine rings is 1. The number of likely N-dealkylation sites (tertiary alicyclic amines) is 1. The van der Waals surface area contributed by atoms with Gasteiger partial charge in [0.2, 0.25) is 0 Å². The van der Waals surface area contributed by atoms with Gasteiger partial charge in [-0.05, 0) is 63.4 Å². The van der Waals surface area contributed by atoms with Gasteiger partial charge in [0.1, 0.15) is 0 Å². The number of amides is 1. The summed E-state index contributed by atoms with van der Waals surface area (Å²) in [6, 6.07) is 15.9. The summed E-state index contributed by atoms with van der Waals surface area (Å²) in [6.45, 7) is 7.97. The lowest BCUT2D eigenvalue weighted by molar-refractivity contribution is 0.0473. The Morgan fingerprint density at radius 1 is 1.19 bits per heavy atom. The molecular weight excluding hydrogens is 422 g/mol. The summed E-state index contributed by atoms with van der Waals surface area (Å²) in [5.41, 5.74) is 2.49. The predicted octanol–water partition coefficient (Wildman–Crippen LogP) is 5.43. The van der Waals surface area contributed by atoms with Crippen molar-refractivity contribution in [2.24, 2.45) is 5.92 Å². The molecule has 0 bridgehead atoms. The van der Waals surface area contributed by atoms with Gasteiger partial charge in [0.15, 0.2) is 0 Å². The Morgan fingerprint density at radius 3 is 2.66 bits per heavy atom. The van der Waals surface area contributed by atoms with Gasteiger partial charge in [-0.25, -0.2) is 0 Å². The highest BCUT2D eigenvalue weighted by molar-refractivity contribution is 6.35. The Hall–Kier alpha value is -2.34. The Morgan fingerprint density at radius 2 is 1.94 bits per heavy atom. The SMILES string of the molecule is CC(C)N1CCC(COC[C@H](NC(=O)c2ccc3c(Cl)c[nH]c3c2)c2ccccc2)CC1. The number of aromatic nitrogens is 1. The third-order valence-corrected chi connectivity index (χ3v) is 6.73. The Labute approximate surface area is 195 Å². The number of benzene rings is 2. The number of rotatable bonds is 8. The van der Waals surface area contributed by atoms with Crippen LogP contribution in [0.4, 0.5) is 0 Å². The first-order valence-electron chi connectivity index (χ1n) is 11.5. The zero-order valence-corrected chi connectivity index (χ0v) is 19.6. The summed E-state index contributed by atoms with van der Waals surface area (Å²) in [5, 5.41) is 4.73. The number of halogens is 1. The van der Waals surface area contributed by atoms with Crippen molar-refractivity contribution >= 4 is 28.4 Å². The van der Waals surface area contributed by atoms with Crippen LogP contribution in [0.3, 0.4) is 0 Å². The lowest BCUT2D eigenvalue weighted by atomic mass is 9.97. The summed E-state index contributed by atoms with van der Waals surface area (Å²) < 4.78 is 6.14. The summed E-state index contributed by atoms with van der Waals surface area (Å²) in [5.74, 6) is 0.456. The number of nitrogens with one attached hydrogen (secondary N) is 2. The van der Waals surface area contributed by atoms with E-state index in [0.29, 0.717) is 29.2 Å². The van der Waals surface area contributed by atoms with E-state index in [4.69, 9.17) is 16.3 Å². The number of ether oxygens (including phenoxy) is 1. The first-order chi connectivity index (χ1) is 15.5. The molecule has 1 fully saturated rings. The molecule has 1 aromatic heterocycles. The maximum Gasteiger partial charge on any atom is 0.251 e. The fourth-order valence-corrected chi connectivity index (χ4v) is 4.59. The first-order valence-corrected chi connectivity index (χ1v) is 11.8. The van der Waals surface area contributed by atoms with Crippen LogP contribution in [-0.2, 0) is 4.74 Å². The van der Waals surface area contributed by atoms with Crippen LogP contribution in [0, 0.1) is 5.92 Å². The van der Waals surface area contributed by atoms with Gasteiger partial charge < -0.3 is 19.9 Å². The fourth-order valence-electron chi connectivity index (χ4n) is 4.37. The van der Waals surface area contributed by atoms with Gasteiger partial charge in [-0.15, -0.1) is 0 Å². The molecule has 2 heterocycles. The summed E-state index contributed by atoms with van der Waals surface area (Å²) in [4.78, 5) is 18.7. The van der Waals surface area contributed by atoms with Gasteiger partial charge in [0.05, 0.1) is 17.7 Å². The molecule has 32 heavy (non-hydrogen) atoms. The summed E-state index contributed by atoms with van der Waals surface area (Å²) >= 11 is 6.16. The van der Waals surface area contributed by atoms with Crippen molar-refractivity contribution in [2.45, 2.75) is 38.8 Å². The molecular formula is C26H32ClN3O2. The maximum absolute atomic E-state index is 13.0. The lowest BCUT2D eigenvalue weighted by Crippen LogP contribution is -2.39. The lowest BCUT2D eigenvalue weighted by Gasteiger charge is -2.34. The molecule has 1 aliphatic rings. The van der Waals surface area contributed by atoms with Gasteiger partial charge in [-0.2, -0.15) is 0 Å². The van der Waals surface area contributed by atoms with Crippen LogP contribution in [0.5, 0.6) is 0 Å². The normalized spacial score (nSPS) is 16.5. The number of aromatic amines is 1. The standard InChI is InChI=1S/C26H32ClN3O2/c1-18(2)30-12-10-19(11-13-30)16-32-17-25(20-6-4-3-5-7-20)29-26(31)21-8-9-22-23(27)15-28-24(22)14-21/h3-9,14-15,18-19,25,28H,10-13,16-17H2,1-2H3,(H,29,31)/t25-/m0/s1. The topological polar surface area (TPSA) is 57.4 Å². The molecule has 4 rings (SSSR count). The van der Waals surface area contributed by atoms with E-state index in [9.17, 15) is 4.79 Å². The quantitative estimate of drug-likeness (QED) is 0.478. The Kier molecular flexibility index (Phi) is 7.51. The molecule has 170 valence electrons. The van der Waals surface area contributed by atoms with Crippen molar-refractivity contribution in [3.8, 4) is 0 Å². The molecule has 5 nitrogen and oxygen atoms in total. The highest BCUT2D eigenvalue weighted by atomic mass is 35.5. The van der Waals surface area contributed by atoms with Crippen molar-refractivity contribution < 1.29 is 9.53 Å². The highest BCUT2D eigenvalue weighted by Gasteiger charge is 2.22. The van der Waals surface area contributed by atoms with Crippen LogP contribution in [0.25, 0.3) is 10.9 Å². The molecule has 6 heteroatoms. The van der Waals surface area contributed by atoms with Gasteiger partial charge in [0.25, 0.3) is 5.91 Å². The van der Waals surface area contributed by atoms with E-state index in [-0.39, 0.29) is 11.9 Å². The predicted molar refractivity (Wildman–Crippen MR) is 130 cm³/mol. The number of nitrogens with zero attached hydrogens (tertiary/aromatic N) is 1. The highest BCUT2D eigenvalue weighted by Crippen LogP contribution is 2.24. The van der Waals surface area contributed by atoms with Crippen molar-refractivity contribution in [3.63, 3.8) is 0 Å². The summed E-state index contributed by atoms with van der Waals surface area (Å²) in [6.07, 6.45) is 4.07. The molecule has 1 atom stereocenters. The van der Waals surface area contributed by atoms with Crippen molar-refractivity contribution in [1.82, 2.24) is 15.2 Å². The fraction of sp³-hybridized carbons (Fsp3) is 0.423. The minimum absolute atomic E-state index is 0.125. The molecule has 3 aromatic rings. The molecule has 1 aliphatic heterocycles. The van der Waals surface area contributed by atoms with Crippen molar-refractivity contribution in [3.05, 3.63) is 70.9 Å². The van der Waals surface area contributed by atoms with E-state index >= 15 is 0 Å². The first kappa shape index (κ1) is 22.8. The molecule has 0 unspecified atom stereocenters. The number of hydrogen-bond donors (Lipinski definition) is 2. The molecule has 0 aliphatic carbocycles. The summed E-state index contributed by atoms with van der Waals surface area (Å²) in [7, 11) is 0. The molecule has 1 saturated heterocycles. The second-order valence-corrected chi connectivity index (χ2v) is 9.35. The third kappa shape index (κ3) is 5.52. The molecule has 0 radical (unpaired) electrons. The van der Waals surface area contributed by atoms with Gasteiger partial charge in [-0.1, -0.05) is 48.0 Å². The molecule has 2 aromatic carbocycles. The smallest absolute Gasteiger partial charge is 0.251 e. The molecule has 0 saturated carbocycles. The van der Waals surface area contributed by atoms with E-state index in [1.807, 2.05) is 48.5 Å². The number of carbonyl (C=O) groups is 1. The molecule has 2 N–H and O–H groups in total. The van der Waals surface area contributed by atoms with E-state index in [2.05, 4.69) is 29.0 Å². The van der Waals surface area contributed by atoms with Crippen LogP contribution >= 0.6 is 11.6 Å². The van der Waals surface area contributed by atoms with Crippen LogP contribution in [-0.4, -0.2) is 48.1 Å². The number of carbonyl (C=O) groups excluding carboxylic acids is 1. The third-order valence-electron chi connectivity index (χ3n) is 6.42. The number of fused-ring (bicyclic) bond motifs is 1. The second-order valence-electron chi connectivity index (χ2n) is 8.94. The van der Waals surface area contributed by atoms with Gasteiger partial charge >= 0.3 is 0 Å². The largest absolute Gasteiger partial charge is 0.379 e. The maximum atomic E-state index is 13.0. The minimum Gasteiger partial charge on any atom is -0.379 e. The Balaban J connectivity index is 1.38. The second kappa shape index (κ2) is 10.5. The number of H-pyrrole nitrogens is 1. The van der Waals surface area contributed by atoms with E-state index in [1.54, 1.807) is 6.20 Å². The van der Waals surface area contributed by atoms with Crippen molar-refractivity contribution in [1.29, 1.82) is 0 Å².